The van der Waals surface area contributed by atoms with Crippen LogP contribution in [0.3, 0.4) is 0 Å². The molecule has 2 rings (SSSR count). The molecule has 0 saturated heterocycles. The van der Waals surface area contributed by atoms with Gasteiger partial charge < -0.3 is 27.8 Å². The summed E-state index contributed by atoms with van der Waals surface area (Å²) in [6.07, 6.45) is 10.1. The summed E-state index contributed by atoms with van der Waals surface area (Å²) >= 11 is 0. The molecule has 1 unspecified atom stereocenters. The Kier molecular flexibility index (Phi) is 14.2. The third kappa shape index (κ3) is 11.0. The maximum Gasteiger partial charge on any atom is 1.00 e. The number of rotatable bonds is 7. The van der Waals surface area contributed by atoms with Crippen LogP contribution >= 0.6 is 0 Å². The number of unbranched alkanes of at least 4 members (excludes halogenated alkanes) is 1. The van der Waals surface area contributed by atoms with Crippen LogP contribution in [0.2, 0.25) is 0 Å². The summed E-state index contributed by atoms with van der Waals surface area (Å²) in [5.74, 6) is -0.989. The van der Waals surface area contributed by atoms with E-state index in [1.165, 1.54) is 12.1 Å². The zero-order valence-corrected chi connectivity index (χ0v) is 20.7. The van der Waals surface area contributed by atoms with E-state index in [4.69, 9.17) is 0 Å². The maximum absolute atomic E-state index is 14.0. The van der Waals surface area contributed by atoms with Crippen molar-refractivity contribution in [2.45, 2.75) is 71.6 Å². The molecule has 1 saturated carbocycles. The number of hydrogen-bond acceptors (Lipinski definition) is 2. The van der Waals surface area contributed by atoms with E-state index in [0.717, 1.165) is 51.0 Å². The Morgan fingerprint density at radius 3 is 2.41 bits per heavy atom. The first-order chi connectivity index (χ1) is 14.5. The van der Waals surface area contributed by atoms with E-state index in [9.17, 15) is 18.4 Å². The van der Waals surface area contributed by atoms with Gasteiger partial charge in [-0.15, -0.1) is 5.92 Å². The Morgan fingerprint density at radius 2 is 1.91 bits per heavy atom. The molecule has 1 aliphatic carbocycles. The molecule has 0 radical (unpaired) electrons. The largest absolute Gasteiger partial charge is 1.00 e. The van der Waals surface area contributed by atoms with Crippen LogP contribution in [-0.4, -0.2) is 31.2 Å². The summed E-state index contributed by atoms with van der Waals surface area (Å²) in [5.41, 5.74) is 0.754. The third-order valence-electron chi connectivity index (χ3n) is 5.74. The SMILES string of the molecule is CC(C)(C)CCC1CC[C@@H](c2ccc(F)cc2F)[C@H]([C-]=O)C1.[CH2-]CC[CH-]C(=O)N(C)C.[Li+]. The topological polar surface area (TPSA) is 37.4 Å². The molecular weight excluding hydrogens is 403 g/mol. The average Bonchev–Trinajstić information content (AvgIpc) is 2.70. The van der Waals surface area contributed by atoms with Crippen molar-refractivity contribution in [1.29, 1.82) is 0 Å². The van der Waals surface area contributed by atoms with Crippen molar-refractivity contribution in [3.8, 4) is 0 Å². The maximum atomic E-state index is 14.0. The molecule has 0 aromatic heterocycles. The summed E-state index contributed by atoms with van der Waals surface area (Å²) in [5, 5.41) is 0. The number of nitrogens with zero attached hydrogens (tertiary/aromatic N) is 1. The molecule has 6 heteroatoms. The first-order valence-electron chi connectivity index (χ1n) is 11.1. The van der Waals surface area contributed by atoms with Gasteiger partial charge in [-0.2, -0.15) is 6.42 Å². The van der Waals surface area contributed by atoms with Gasteiger partial charge in [-0.25, -0.2) is 15.2 Å². The number of carbonyl (C=O) groups excluding carboxylic acids is 2. The summed E-state index contributed by atoms with van der Waals surface area (Å²) in [6.45, 7) is 10.3. The molecule has 1 aromatic carbocycles. The minimum Gasteiger partial charge on any atom is -0.541 e. The molecule has 1 aromatic rings. The molecule has 176 valence electrons. The Bertz CT molecular complexity index is 704. The second kappa shape index (κ2) is 14.8. The van der Waals surface area contributed by atoms with E-state index in [2.05, 4.69) is 34.0 Å². The van der Waals surface area contributed by atoms with Crippen LogP contribution in [0.25, 0.3) is 0 Å². The van der Waals surface area contributed by atoms with Gasteiger partial charge in [0.15, 0.2) is 0 Å². The Morgan fingerprint density at radius 1 is 1.25 bits per heavy atom. The summed E-state index contributed by atoms with van der Waals surface area (Å²) in [4.78, 5) is 23.6. The molecule has 0 heterocycles. The number of benzene rings is 1. The molecule has 0 bridgehead atoms. The molecule has 3 atom stereocenters. The van der Waals surface area contributed by atoms with E-state index in [-0.39, 0.29) is 36.6 Å². The van der Waals surface area contributed by atoms with Crippen molar-refractivity contribution < 1.29 is 37.2 Å². The van der Waals surface area contributed by atoms with Crippen molar-refractivity contribution in [3.63, 3.8) is 0 Å². The van der Waals surface area contributed by atoms with Crippen LogP contribution in [-0.2, 0) is 9.59 Å². The quantitative estimate of drug-likeness (QED) is 0.481. The van der Waals surface area contributed by atoms with Gasteiger partial charge in [0, 0.05) is 20.2 Å². The smallest absolute Gasteiger partial charge is 0.541 e. The minimum absolute atomic E-state index is 0. The van der Waals surface area contributed by atoms with Crippen LogP contribution in [0.5, 0.6) is 0 Å². The van der Waals surface area contributed by atoms with Crippen LogP contribution < -0.4 is 18.9 Å². The van der Waals surface area contributed by atoms with Gasteiger partial charge in [0.1, 0.15) is 11.6 Å². The first kappa shape index (κ1) is 30.7. The van der Waals surface area contributed by atoms with E-state index >= 15 is 0 Å². The normalized spacial score (nSPS) is 20.3. The van der Waals surface area contributed by atoms with Gasteiger partial charge in [0.25, 0.3) is 0 Å². The van der Waals surface area contributed by atoms with Crippen LogP contribution in [0.15, 0.2) is 18.2 Å². The van der Waals surface area contributed by atoms with Gasteiger partial charge in [-0.3, -0.25) is 6.29 Å². The first-order valence-corrected chi connectivity index (χ1v) is 11.1. The minimum atomic E-state index is -0.577. The standard InChI is InChI=1S/C19H25F2O.C7H13NO.Li/c1-19(2,3)9-8-13-4-6-16(14(10-13)12-22)17-7-5-15(20)11-18(17)21;1-4-5-6-7(9)8(2)3;/h5,7,11,13-14,16H,4,6,8-10H2,1-3H3;6H,1,4-5H2,2-3H3;/q-1;-2;+1/t13?,14-,16+;;/m0../s1. The zero-order chi connectivity index (χ0) is 23.6. The average molecular weight is 442 g/mol. The summed E-state index contributed by atoms with van der Waals surface area (Å²) in [7, 11) is 3.48. The molecule has 0 spiro atoms. The van der Waals surface area contributed by atoms with E-state index < -0.39 is 11.6 Å². The van der Waals surface area contributed by atoms with Gasteiger partial charge in [0.05, 0.1) is 5.91 Å². The Hall–Kier alpha value is -1.31. The van der Waals surface area contributed by atoms with Crippen molar-refractivity contribution in [3.05, 3.63) is 48.7 Å². The second-order valence-electron chi connectivity index (χ2n) is 9.85. The predicted octanol–water partition coefficient (Wildman–Crippen LogP) is 3.30. The number of amides is 1. The van der Waals surface area contributed by atoms with Crippen molar-refractivity contribution in [2.75, 3.05) is 14.1 Å². The van der Waals surface area contributed by atoms with Crippen LogP contribution in [0, 0.1) is 42.2 Å². The van der Waals surface area contributed by atoms with E-state index in [0.29, 0.717) is 16.9 Å². The molecule has 1 amide bonds. The molecule has 3 nitrogen and oxygen atoms in total. The number of carbonyl (C=O) groups is 1. The van der Waals surface area contributed by atoms with Crippen LogP contribution in [0.1, 0.15) is 77.2 Å². The van der Waals surface area contributed by atoms with E-state index in [1.54, 1.807) is 25.4 Å². The summed E-state index contributed by atoms with van der Waals surface area (Å²) < 4.78 is 27.0. The van der Waals surface area contributed by atoms with Crippen molar-refractivity contribution in [1.82, 2.24) is 4.90 Å². The monoisotopic (exact) mass is 441 g/mol. The fourth-order valence-electron chi connectivity index (χ4n) is 3.87. The number of hydrogen-bond donors (Lipinski definition) is 0. The van der Waals surface area contributed by atoms with Gasteiger partial charge in [-0.05, 0) is 41.7 Å². The van der Waals surface area contributed by atoms with Crippen molar-refractivity contribution in [2.24, 2.45) is 17.3 Å². The van der Waals surface area contributed by atoms with Gasteiger partial charge in [-0.1, -0.05) is 46.1 Å². The van der Waals surface area contributed by atoms with Gasteiger partial charge >= 0.3 is 18.9 Å². The van der Waals surface area contributed by atoms with Crippen molar-refractivity contribution >= 4 is 12.2 Å². The van der Waals surface area contributed by atoms with Crippen LogP contribution in [0.4, 0.5) is 8.78 Å². The fraction of sp³-hybridized carbons (Fsp3) is 0.615. The Balaban J connectivity index is 0.000000821. The molecule has 32 heavy (non-hydrogen) atoms. The molecular formula is C26H38F2LiNO2-2. The second-order valence-corrected chi connectivity index (χ2v) is 9.85. The molecule has 1 fully saturated rings. The third-order valence-corrected chi connectivity index (χ3v) is 5.74. The molecule has 0 aliphatic heterocycles. The zero-order valence-electron chi connectivity index (χ0n) is 20.7. The number of halogens is 2. The predicted molar refractivity (Wildman–Crippen MR) is 122 cm³/mol. The molecule has 0 N–H and O–H groups in total. The summed E-state index contributed by atoms with van der Waals surface area (Å²) in [6, 6.07) is 3.66. The fourth-order valence-corrected chi connectivity index (χ4v) is 3.87. The Labute approximate surface area is 205 Å². The van der Waals surface area contributed by atoms with E-state index in [1.807, 2.05) is 0 Å². The van der Waals surface area contributed by atoms with Gasteiger partial charge in [0.2, 0.25) is 0 Å². The molecule has 1 aliphatic rings.